The van der Waals surface area contributed by atoms with Crippen molar-refractivity contribution < 1.29 is 18.0 Å². The fraction of sp³-hybridized carbons (Fsp3) is 0.320. The van der Waals surface area contributed by atoms with Gasteiger partial charge < -0.3 is 9.80 Å². The number of benzene rings is 1. The number of amides is 1. The van der Waals surface area contributed by atoms with Crippen molar-refractivity contribution in [1.82, 2.24) is 19.6 Å². The van der Waals surface area contributed by atoms with E-state index in [0.717, 1.165) is 15.1 Å². The van der Waals surface area contributed by atoms with Crippen LogP contribution < -0.4 is 0 Å². The average Bonchev–Trinajstić information content (AvgIpc) is 3.41. The molecule has 0 N–H and O–H groups in total. The normalized spacial score (nSPS) is 16.1. The number of hydrogen-bond donors (Lipinski definition) is 0. The summed E-state index contributed by atoms with van der Waals surface area (Å²) in [5.41, 5.74) is 0.974. The SMILES string of the molecule is CN(C)C/C=C/C(=O)N1Cc2sc(C#N)cc2C(c2ccccc2-c2cn(C)nc2C(F)(F)F)C1. The van der Waals surface area contributed by atoms with Crippen LogP contribution in [0.15, 0.2) is 48.7 Å². The molecule has 3 aromatic rings. The second kappa shape index (κ2) is 9.68. The molecule has 0 saturated carbocycles. The topological polar surface area (TPSA) is 65.2 Å². The second-order valence-corrected chi connectivity index (χ2v) is 9.82. The highest BCUT2D eigenvalue weighted by atomic mass is 32.1. The van der Waals surface area contributed by atoms with E-state index in [-0.39, 0.29) is 17.4 Å². The number of nitriles is 1. The van der Waals surface area contributed by atoms with Gasteiger partial charge in [-0.3, -0.25) is 9.48 Å². The standard InChI is InChI=1S/C25H24F3N5OS/c1-31(2)10-6-9-23(34)33-14-20(19-11-16(12-29)35-22(19)15-33)17-7-4-5-8-18(17)21-13-32(3)30-24(21)25(26,27)28/h4-9,11,13,20H,10,14-15H2,1-3H3/b9-6+. The summed E-state index contributed by atoms with van der Waals surface area (Å²) >= 11 is 1.31. The van der Waals surface area contributed by atoms with Crippen LogP contribution in [0.5, 0.6) is 0 Å². The number of fused-ring (bicyclic) bond motifs is 1. The maximum Gasteiger partial charge on any atom is 0.435 e. The van der Waals surface area contributed by atoms with E-state index in [1.54, 1.807) is 41.3 Å². The number of thiophene rings is 1. The molecule has 0 saturated heterocycles. The summed E-state index contributed by atoms with van der Waals surface area (Å²) in [6.45, 7) is 1.25. The summed E-state index contributed by atoms with van der Waals surface area (Å²) in [5.74, 6) is -0.565. The van der Waals surface area contributed by atoms with Gasteiger partial charge in [-0.2, -0.15) is 23.5 Å². The minimum Gasteiger partial charge on any atom is -0.333 e. The zero-order chi connectivity index (χ0) is 25.3. The molecule has 1 unspecified atom stereocenters. The van der Waals surface area contributed by atoms with Gasteiger partial charge in [0.1, 0.15) is 10.9 Å². The number of aromatic nitrogens is 2. The third-order valence-electron chi connectivity index (χ3n) is 5.83. The molecule has 4 rings (SSSR count). The predicted octanol–water partition coefficient (Wildman–Crippen LogP) is 4.63. The van der Waals surface area contributed by atoms with Gasteiger partial charge in [0.25, 0.3) is 0 Å². The third kappa shape index (κ3) is 5.16. The van der Waals surface area contributed by atoms with Crippen molar-refractivity contribution in [3.8, 4) is 17.2 Å². The molecule has 10 heteroatoms. The van der Waals surface area contributed by atoms with Gasteiger partial charge >= 0.3 is 6.18 Å². The largest absolute Gasteiger partial charge is 0.435 e. The van der Waals surface area contributed by atoms with Crippen molar-refractivity contribution in [2.45, 2.75) is 18.6 Å². The number of aryl methyl sites for hydroxylation is 1. The summed E-state index contributed by atoms with van der Waals surface area (Å²) < 4.78 is 42.5. The zero-order valence-corrected chi connectivity index (χ0v) is 20.3. The number of hydrogen-bond acceptors (Lipinski definition) is 5. The molecular formula is C25H24F3N5OS. The maximum absolute atomic E-state index is 13.8. The lowest BCUT2D eigenvalue weighted by atomic mass is 9.83. The molecule has 0 fully saturated rings. The van der Waals surface area contributed by atoms with Gasteiger partial charge in [0, 0.05) is 48.8 Å². The fourth-order valence-electron chi connectivity index (χ4n) is 4.32. The average molecular weight is 500 g/mol. The Morgan fingerprint density at radius 2 is 2.03 bits per heavy atom. The van der Waals surface area contributed by atoms with E-state index in [1.807, 2.05) is 19.0 Å². The first-order chi connectivity index (χ1) is 16.6. The Balaban J connectivity index is 1.80. The summed E-state index contributed by atoms with van der Waals surface area (Å²) in [5, 5.41) is 13.1. The lowest BCUT2D eigenvalue weighted by molar-refractivity contribution is -0.141. The van der Waals surface area contributed by atoms with Crippen LogP contribution in [-0.2, 0) is 24.6 Å². The summed E-state index contributed by atoms with van der Waals surface area (Å²) in [4.78, 5) is 18.0. The lowest BCUT2D eigenvalue weighted by Gasteiger charge is -2.33. The highest BCUT2D eigenvalue weighted by molar-refractivity contribution is 7.12. The van der Waals surface area contributed by atoms with Crippen molar-refractivity contribution in [2.75, 3.05) is 27.2 Å². The van der Waals surface area contributed by atoms with Crippen LogP contribution in [0.3, 0.4) is 0 Å². The van der Waals surface area contributed by atoms with Gasteiger partial charge in [0.05, 0.1) is 6.54 Å². The minimum atomic E-state index is -4.61. The number of carbonyl (C=O) groups is 1. The number of nitrogens with zero attached hydrogens (tertiary/aromatic N) is 5. The summed E-state index contributed by atoms with van der Waals surface area (Å²) in [6, 6.07) is 10.9. The second-order valence-electron chi connectivity index (χ2n) is 8.69. The number of carbonyl (C=O) groups excluding carboxylic acids is 1. The molecule has 1 amide bonds. The molecule has 6 nitrogen and oxygen atoms in total. The molecule has 182 valence electrons. The Kier molecular flexibility index (Phi) is 6.83. The van der Waals surface area contributed by atoms with Crippen molar-refractivity contribution in [3.63, 3.8) is 0 Å². The van der Waals surface area contributed by atoms with Crippen LogP contribution in [0, 0.1) is 11.3 Å². The summed E-state index contributed by atoms with van der Waals surface area (Å²) in [7, 11) is 5.26. The minimum absolute atomic E-state index is 0.0118. The van der Waals surface area contributed by atoms with Crippen LogP contribution in [0.2, 0.25) is 0 Å². The number of rotatable bonds is 5. The van der Waals surface area contributed by atoms with Crippen molar-refractivity contribution in [3.05, 3.63) is 75.3 Å². The van der Waals surface area contributed by atoms with E-state index in [2.05, 4.69) is 11.2 Å². The van der Waals surface area contributed by atoms with Crippen LogP contribution in [0.1, 0.15) is 32.5 Å². The zero-order valence-electron chi connectivity index (χ0n) is 19.5. The number of likely N-dealkylation sites (N-methyl/N-ethyl adjacent to an activating group) is 1. The van der Waals surface area contributed by atoms with Gasteiger partial charge in [-0.25, -0.2) is 0 Å². The molecule has 1 atom stereocenters. The Labute approximate surface area is 205 Å². The smallest absolute Gasteiger partial charge is 0.333 e. The molecule has 1 aromatic carbocycles. The number of halogens is 3. The van der Waals surface area contributed by atoms with Gasteiger partial charge in [0.15, 0.2) is 5.69 Å². The molecule has 3 heterocycles. The molecule has 0 aliphatic carbocycles. The monoisotopic (exact) mass is 499 g/mol. The van der Waals surface area contributed by atoms with E-state index < -0.39 is 11.9 Å². The van der Waals surface area contributed by atoms with Crippen LogP contribution >= 0.6 is 11.3 Å². The highest BCUT2D eigenvalue weighted by Gasteiger charge is 2.39. The Morgan fingerprint density at radius 1 is 1.29 bits per heavy atom. The highest BCUT2D eigenvalue weighted by Crippen LogP contribution is 2.44. The van der Waals surface area contributed by atoms with Crippen molar-refractivity contribution >= 4 is 17.2 Å². The Bertz CT molecular complexity index is 1320. The third-order valence-corrected chi connectivity index (χ3v) is 6.87. The molecule has 35 heavy (non-hydrogen) atoms. The van der Waals surface area contributed by atoms with Gasteiger partial charge in [0.2, 0.25) is 5.91 Å². The molecule has 0 spiro atoms. The van der Waals surface area contributed by atoms with E-state index in [9.17, 15) is 23.2 Å². The van der Waals surface area contributed by atoms with Crippen molar-refractivity contribution in [1.29, 1.82) is 5.26 Å². The van der Waals surface area contributed by atoms with Gasteiger partial charge in [-0.1, -0.05) is 30.3 Å². The van der Waals surface area contributed by atoms with Gasteiger partial charge in [-0.15, -0.1) is 11.3 Å². The molecule has 0 bridgehead atoms. The van der Waals surface area contributed by atoms with E-state index in [0.29, 0.717) is 35.6 Å². The molecule has 0 radical (unpaired) electrons. The Hall–Kier alpha value is -3.42. The van der Waals surface area contributed by atoms with Gasteiger partial charge in [-0.05, 0) is 36.9 Å². The van der Waals surface area contributed by atoms with Crippen molar-refractivity contribution in [2.24, 2.45) is 7.05 Å². The predicted molar refractivity (Wildman–Crippen MR) is 128 cm³/mol. The fourth-order valence-corrected chi connectivity index (χ4v) is 5.35. The molecule has 1 aliphatic heterocycles. The Morgan fingerprint density at radius 3 is 2.71 bits per heavy atom. The quantitative estimate of drug-likeness (QED) is 0.480. The lowest BCUT2D eigenvalue weighted by Crippen LogP contribution is -2.37. The van der Waals surface area contributed by atoms with Crippen LogP contribution in [0.25, 0.3) is 11.1 Å². The molecular weight excluding hydrogens is 475 g/mol. The first-order valence-corrected chi connectivity index (χ1v) is 11.7. The first kappa shape index (κ1) is 24.7. The van der Waals surface area contributed by atoms with E-state index in [4.69, 9.17) is 0 Å². The van der Waals surface area contributed by atoms with Crippen LogP contribution in [-0.4, -0.2) is 52.7 Å². The van der Waals surface area contributed by atoms with E-state index >= 15 is 0 Å². The number of alkyl halides is 3. The summed E-state index contributed by atoms with van der Waals surface area (Å²) in [6.07, 6.45) is 0.0560. The molecule has 2 aromatic heterocycles. The first-order valence-electron chi connectivity index (χ1n) is 10.9. The van der Waals surface area contributed by atoms with Crippen LogP contribution in [0.4, 0.5) is 13.2 Å². The van der Waals surface area contributed by atoms with E-state index in [1.165, 1.54) is 30.7 Å². The maximum atomic E-state index is 13.8. The molecule has 1 aliphatic rings.